The number of methoxy groups -OCH3 is 1. The lowest BCUT2D eigenvalue weighted by molar-refractivity contribution is -0.146. The molecular formula is C15H21NO5. The Morgan fingerprint density at radius 1 is 1.24 bits per heavy atom. The molecule has 0 saturated carbocycles. The fourth-order valence-electron chi connectivity index (χ4n) is 1.63. The minimum atomic E-state index is -0.663. The molecule has 1 rings (SSSR count). The zero-order valence-electron chi connectivity index (χ0n) is 12.5. The molecule has 0 heterocycles. The van der Waals surface area contributed by atoms with E-state index in [2.05, 4.69) is 5.32 Å². The summed E-state index contributed by atoms with van der Waals surface area (Å²) in [5, 5.41) is 2.55. The summed E-state index contributed by atoms with van der Waals surface area (Å²) in [4.78, 5) is 23.0. The summed E-state index contributed by atoms with van der Waals surface area (Å²) in [5.41, 5.74) is 0. The zero-order chi connectivity index (χ0) is 15.7. The van der Waals surface area contributed by atoms with Gasteiger partial charge >= 0.3 is 5.97 Å². The number of rotatable bonds is 8. The van der Waals surface area contributed by atoms with E-state index in [1.807, 2.05) is 12.1 Å². The molecule has 0 saturated heterocycles. The smallest absolute Gasteiger partial charge is 0.328 e. The Morgan fingerprint density at radius 3 is 2.52 bits per heavy atom. The molecular weight excluding hydrogens is 274 g/mol. The molecule has 6 heteroatoms. The molecule has 116 valence electrons. The highest BCUT2D eigenvalue weighted by molar-refractivity contribution is 5.84. The first kappa shape index (κ1) is 16.8. The third kappa shape index (κ3) is 5.72. The van der Waals surface area contributed by atoms with Gasteiger partial charge in [-0.15, -0.1) is 0 Å². The van der Waals surface area contributed by atoms with Crippen LogP contribution in [-0.4, -0.2) is 38.2 Å². The number of benzene rings is 1. The van der Waals surface area contributed by atoms with Gasteiger partial charge in [-0.05, 0) is 26.0 Å². The average molecular weight is 295 g/mol. The first-order chi connectivity index (χ1) is 10.1. The molecule has 1 amide bonds. The normalized spacial score (nSPS) is 11.4. The Hall–Kier alpha value is -2.24. The van der Waals surface area contributed by atoms with Gasteiger partial charge in [0.05, 0.1) is 26.7 Å². The van der Waals surface area contributed by atoms with Crippen molar-refractivity contribution in [2.45, 2.75) is 26.3 Å². The average Bonchev–Trinajstić information content (AvgIpc) is 2.47. The SMILES string of the molecule is CCOC(=O)[C@@H](C)NC(=O)CCOc1ccccc1OC. The van der Waals surface area contributed by atoms with Crippen molar-refractivity contribution in [2.75, 3.05) is 20.3 Å². The van der Waals surface area contributed by atoms with Crippen molar-refractivity contribution in [2.24, 2.45) is 0 Å². The number of carbonyl (C=O) groups excluding carboxylic acids is 2. The van der Waals surface area contributed by atoms with Gasteiger partial charge in [0, 0.05) is 0 Å². The Bertz CT molecular complexity index is 475. The van der Waals surface area contributed by atoms with Crippen molar-refractivity contribution < 1.29 is 23.8 Å². The van der Waals surface area contributed by atoms with Crippen LogP contribution in [0.5, 0.6) is 11.5 Å². The fourth-order valence-corrected chi connectivity index (χ4v) is 1.63. The summed E-state index contributed by atoms with van der Waals surface area (Å²) in [6, 6.07) is 6.53. The minimum Gasteiger partial charge on any atom is -0.493 e. The number of ether oxygens (including phenoxy) is 3. The minimum absolute atomic E-state index is 0.141. The van der Waals surface area contributed by atoms with Crippen molar-refractivity contribution >= 4 is 11.9 Å². The van der Waals surface area contributed by atoms with Crippen LogP contribution in [-0.2, 0) is 14.3 Å². The van der Waals surface area contributed by atoms with Crippen LogP contribution in [0.1, 0.15) is 20.3 Å². The maximum Gasteiger partial charge on any atom is 0.328 e. The predicted molar refractivity (Wildman–Crippen MR) is 77.3 cm³/mol. The van der Waals surface area contributed by atoms with E-state index < -0.39 is 12.0 Å². The Labute approximate surface area is 124 Å². The molecule has 0 unspecified atom stereocenters. The van der Waals surface area contributed by atoms with Gasteiger partial charge in [0.2, 0.25) is 5.91 Å². The molecule has 0 bridgehead atoms. The lowest BCUT2D eigenvalue weighted by Gasteiger charge is -2.13. The highest BCUT2D eigenvalue weighted by Gasteiger charge is 2.16. The first-order valence-corrected chi connectivity index (χ1v) is 6.80. The maximum absolute atomic E-state index is 11.7. The number of amides is 1. The number of hydrogen-bond acceptors (Lipinski definition) is 5. The molecule has 0 aliphatic heterocycles. The van der Waals surface area contributed by atoms with Crippen LogP contribution in [0.4, 0.5) is 0 Å². The standard InChI is InChI=1S/C15H21NO5/c1-4-20-15(18)11(2)16-14(17)9-10-21-13-8-6-5-7-12(13)19-3/h5-8,11H,4,9-10H2,1-3H3,(H,16,17)/t11-/m1/s1. The second-order valence-electron chi connectivity index (χ2n) is 4.29. The molecule has 0 spiro atoms. The van der Waals surface area contributed by atoms with E-state index in [9.17, 15) is 9.59 Å². The monoisotopic (exact) mass is 295 g/mol. The maximum atomic E-state index is 11.7. The van der Waals surface area contributed by atoms with Crippen LogP contribution in [0.15, 0.2) is 24.3 Å². The summed E-state index contributed by atoms with van der Waals surface area (Å²) in [6.07, 6.45) is 0.141. The van der Waals surface area contributed by atoms with Crippen LogP contribution in [0, 0.1) is 0 Å². The van der Waals surface area contributed by atoms with Gasteiger partial charge < -0.3 is 19.5 Å². The Kier molecular flexibility index (Phi) is 7.08. The number of nitrogens with one attached hydrogen (secondary N) is 1. The summed E-state index contributed by atoms with van der Waals surface area (Å²) in [5.74, 6) is 0.464. The van der Waals surface area contributed by atoms with E-state index in [0.29, 0.717) is 11.5 Å². The van der Waals surface area contributed by atoms with Crippen molar-refractivity contribution in [1.29, 1.82) is 0 Å². The highest BCUT2D eigenvalue weighted by Crippen LogP contribution is 2.25. The quantitative estimate of drug-likeness (QED) is 0.736. The third-order valence-corrected chi connectivity index (χ3v) is 2.67. The topological polar surface area (TPSA) is 73.9 Å². The second-order valence-corrected chi connectivity index (χ2v) is 4.29. The number of para-hydroxylation sites is 2. The lowest BCUT2D eigenvalue weighted by Crippen LogP contribution is -2.40. The number of carbonyl (C=O) groups is 2. The number of esters is 1. The van der Waals surface area contributed by atoms with Crippen LogP contribution >= 0.6 is 0 Å². The second kappa shape index (κ2) is 8.84. The zero-order valence-corrected chi connectivity index (χ0v) is 12.5. The molecule has 0 aromatic heterocycles. The van der Waals surface area contributed by atoms with Crippen molar-refractivity contribution in [3.63, 3.8) is 0 Å². The summed E-state index contributed by atoms with van der Waals surface area (Å²) in [7, 11) is 1.55. The molecule has 0 radical (unpaired) electrons. The lowest BCUT2D eigenvalue weighted by atomic mass is 10.3. The van der Waals surface area contributed by atoms with E-state index in [0.717, 1.165) is 0 Å². The molecule has 0 aliphatic carbocycles. The van der Waals surface area contributed by atoms with Crippen molar-refractivity contribution in [3.8, 4) is 11.5 Å². The largest absolute Gasteiger partial charge is 0.493 e. The van der Waals surface area contributed by atoms with Gasteiger partial charge in [0.1, 0.15) is 6.04 Å². The van der Waals surface area contributed by atoms with Gasteiger partial charge in [-0.25, -0.2) is 4.79 Å². The molecule has 1 N–H and O–H groups in total. The molecule has 1 atom stereocenters. The van der Waals surface area contributed by atoms with Crippen LogP contribution in [0.3, 0.4) is 0 Å². The van der Waals surface area contributed by atoms with E-state index in [4.69, 9.17) is 14.2 Å². The first-order valence-electron chi connectivity index (χ1n) is 6.80. The summed E-state index contributed by atoms with van der Waals surface area (Å²) >= 11 is 0. The molecule has 6 nitrogen and oxygen atoms in total. The van der Waals surface area contributed by atoms with Gasteiger partial charge in [-0.2, -0.15) is 0 Å². The molecule has 1 aromatic carbocycles. The van der Waals surface area contributed by atoms with Gasteiger partial charge in [0.15, 0.2) is 11.5 Å². The van der Waals surface area contributed by atoms with E-state index >= 15 is 0 Å². The number of hydrogen-bond donors (Lipinski definition) is 1. The molecule has 0 aliphatic rings. The highest BCUT2D eigenvalue weighted by atomic mass is 16.5. The van der Waals surface area contributed by atoms with Gasteiger partial charge in [-0.3, -0.25) is 4.79 Å². The van der Waals surface area contributed by atoms with Gasteiger partial charge in [0.25, 0.3) is 0 Å². The Morgan fingerprint density at radius 2 is 1.90 bits per heavy atom. The molecule has 1 aromatic rings. The fraction of sp³-hybridized carbons (Fsp3) is 0.467. The summed E-state index contributed by atoms with van der Waals surface area (Å²) in [6.45, 7) is 3.78. The van der Waals surface area contributed by atoms with E-state index in [-0.39, 0.29) is 25.5 Å². The van der Waals surface area contributed by atoms with Crippen LogP contribution in [0.2, 0.25) is 0 Å². The molecule has 21 heavy (non-hydrogen) atoms. The summed E-state index contributed by atoms with van der Waals surface area (Å²) < 4.78 is 15.4. The van der Waals surface area contributed by atoms with Crippen molar-refractivity contribution in [1.82, 2.24) is 5.32 Å². The Balaban J connectivity index is 2.35. The van der Waals surface area contributed by atoms with Crippen LogP contribution in [0.25, 0.3) is 0 Å². The van der Waals surface area contributed by atoms with E-state index in [1.54, 1.807) is 33.1 Å². The van der Waals surface area contributed by atoms with E-state index in [1.165, 1.54) is 0 Å². The third-order valence-electron chi connectivity index (χ3n) is 2.67. The predicted octanol–water partition coefficient (Wildman–Crippen LogP) is 1.53. The molecule has 0 fully saturated rings. The van der Waals surface area contributed by atoms with Gasteiger partial charge in [-0.1, -0.05) is 12.1 Å². The van der Waals surface area contributed by atoms with Crippen molar-refractivity contribution in [3.05, 3.63) is 24.3 Å². The van der Waals surface area contributed by atoms with Crippen LogP contribution < -0.4 is 14.8 Å².